The lowest BCUT2D eigenvalue weighted by Crippen LogP contribution is -2.18. The lowest BCUT2D eigenvalue weighted by molar-refractivity contribution is -0.0499. The summed E-state index contributed by atoms with van der Waals surface area (Å²) in [6.45, 7) is 2.27. The minimum absolute atomic E-state index is 0.174. The van der Waals surface area contributed by atoms with E-state index in [0.29, 0.717) is 13.1 Å². The van der Waals surface area contributed by atoms with Gasteiger partial charge in [-0.25, -0.2) is 0 Å². The molecular weight excluding hydrogens is 278 g/mol. The summed E-state index contributed by atoms with van der Waals surface area (Å²) < 4.78 is 33.9. The van der Waals surface area contributed by atoms with Crippen LogP contribution in [0.5, 0.6) is 5.75 Å². The molecule has 0 aliphatic carbocycles. The van der Waals surface area contributed by atoms with Gasteiger partial charge in [-0.1, -0.05) is 17.3 Å². The van der Waals surface area contributed by atoms with Gasteiger partial charge in [-0.2, -0.15) is 8.78 Å². The molecule has 1 aromatic heterocycles. The first-order chi connectivity index (χ1) is 9.95. The predicted octanol–water partition coefficient (Wildman–Crippen LogP) is 3.52. The highest BCUT2D eigenvalue weighted by Gasteiger charge is 2.12. The summed E-state index contributed by atoms with van der Waals surface area (Å²) in [5, 5.41) is 3.92. The number of nitrogens with zero attached hydrogens (tertiary/aromatic N) is 2. The normalized spacial score (nSPS) is 11.4. The number of alkyl halides is 2. The number of benzene rings is 1. The van der Waals surface area contributed by atoms with Gasteiger partial charge in [0.1, 0.15) is 11.5 Å². The number of halogens is 2. The summed E-state index contributed by atoms with van der Waals surface area (Å²) in [4.78, 5) is 2.06. The molecule has 0 saturated carbocycles. The smallest absolute Gasteiger partial charge is 0.387 e. The van der Waals surface area contributed by atoms with Crippen LogP contribution in [-0.2, 0) is 13.1 Å². The van der Waals surface area contributed by atoms with E-state index in [1.807, 2.05) is 27.0 Å². The van der Waals surface area contributed by atoms with Crippen LogP contribution in [0.25, 0.3) is 0 Å². The minimum Gasteiger partial charge on any atom is -0.435 e. The number of aromatic nitrogens is 1. The van der Waals surface area contributed by atoms with Crippen molar-refractivity contribution in [3.8, 4) is 5.75 Å². The minimum atomic E-state index is -2.81. The van der Waals surface area contributed by atoms with Gasteiger partial charge in [0.2, 0.25) is 0 Å². The first-order valence-electron chi connectivity index (χ1n) is 6.59. The highest BCUT2D eigenvalue weighted by molar-refractivity contribution is 5.28. The van der Waals surface area contributed by atoms with Crippen LogP contribution in [0.15, 0.2) is 28.8 Å². The molecule has 4 nitrogen and oxygen atoms in total. The average molecular weight is 296 g/mol. The van der Waals surface area contributed by atoms with Crippen molar-refractivity contribution in [2.45, 2.75) is 33.5 Å². The van der Waals surface area contributed by atoms with Gasteiger partial charge in [0.05, 0.1) is 5.69 Å². The van der Waals surface area contributed by atoms with E-state index < -0.39 is 6.61 Å². The van der Waals surface area contributed by atoms with Crippen LogP contribution < -0.4 is 4.74 Å². The van der Waals surface area contributed by atoms with E-state index in [2.05, 4.69) is 14.8 Å². The van der Waals surface area contributed by atoms with Crippen LogP contribution in [0.3, 0.4) is 0 Å². The highest BCUT2D eigenvalue weighted by atomic mass is 19.3. The second-order valence-corrected chi connectivity index (χ2v) is 5.00. The molecule has 0 aliphatic rings. The van der Waals surface area contributed by atoms with Gasteiger partial charge in [0, 0.05) is 18.7 Å². The summed E-state index contributed by atoms with van der Waals surface area (Å²) in [7, 11) is 1.95. The molecule has 1 aromatic carbocycles. The summed E-state index contributed by atoms with van der Waals surface area (Å²) in [6.07, 6.45) is 0. The molecule has 0 saturated heterocycles. The van der Waals surface area contributed by atoms with E-state index in [0.717, 1.165) is 22.6 Å². The molecule has 0 amide bonds. The maximum absolute atomic E-state index is 12.2. The zero-order valence-corrected chi connectivity index (χ0v) is 12.3. The molecule has 0 spiro atoms. The van der Waals surface area contributed by atoms with Gasteiger partial charge >= 0.3 is 6.61 Å². The molecule has 1 heterocycles. The van der Waals surface area contributed by atoms with Crippen molar-refractivity contribution in [2.75, 3.05) is 7.05 Å². The average Bonchev–Trinajstić information content (AvgIpc) is 2.70. The van der Waals surface area contributed by atoms with Crippen molar-refractivity contribution in [1.29, 1.82) is 0 Å². The van der Waals surface area contributed by atoms with E-state index >= 15 is 0 Å². The van der Waals surface area contributed by atoms with Crippen molar-refractivity contribution >= 4 is 0 Å². The van der Waals surface area contributed by atoms with Crippen LogP contribution in [0.4, 0.5) is 8.78 Å². The van der Waals surface area contributed by atoms with Crippen molar-refractivity contribution in [2.24, 2.45) is 0 Å². The van der Waals surface area contributed by atoms with Crippen LogP contribution in [0.1, 0.15) is 22.6 Å². The third kappa shape index (κ3) is 4.26. The molecule has 0 bridgehead atoms. The third-order valence-electron chi connectivity index (χ3n) is 3.19. The molecule has 0 unspecified atom stereocenters. The van der Waals surface area contributed by atoms with Crippen LogP contribution in [0, 0.1) is 13.8 Å². The number of ether oxygens (including phenoxy) is 1. The lowest BCUT2D eigenvalue weighted by Gasteiger charge is -2.17. The van der Waals surface area contributed by atoms with Crippen LogP contribution in [-0.4, -0.2) is 23.7 Å². The van der Waals surface area contributed by atoms with Gasteiger partial charge in [-0.05, 0) is 38.6 Å². The zero-order valence-electron chi connectivity index (χ0n) is 12.3. The van der Waals surface area contributed by atoms with Crippen molar-refractivity contribution < 1.29 is 18.0 Å². The van der Waals surface area contributed by atoms with Crippen molar-refractivity contribution in [3.05, 3.63) is 46.8 Å². The summed E-state index contributed by atoms with van der Waals surface area (Å²) >= 11 is 0. The number of hydrogen-bond donors (Lipinski definition) is 0. The largest absolute Gasteiger partial charge is 0.435 e. The monoisotopic (exact) mass is 296 g/mol. The van der Waals surface area contributed by atoms with Crippen LogP contribution >= 0.6 is 0 Å². The topological polar surface area (TPSA) is 38.5 Å². The van der Waals surface area contributed by atoms with Crippen LogP contribution in [0.2, 0.25) is 0 Å². The molecule has 114 valence electrons. The van der Waals surface area contributed by atoms with E-state index in [9.17, 15) is 8.78 Å². The maximum Gasteiger partial charge on any atom is 0.387 e. The molecule has 2 rings (SSSR count). The molecule has 6 heteroatoms. The Kier molecular flexibility index (Phi) is 4.90. The maximum atomic E-state index is 12.2. The fourth-order valence-corrected chi connectivity index (χ4v) is 2.19. The number of aryl methyl sites for hydroxylation is 2. The molecule has 0 atom stereocenters. The van der Waals surface area contributed by atoms with E-state index in [-0.39, 0.29) is 5.75 Å². The Morgan fingerprint density at radius 2 is 2.05 bits per heavy atom. The third-order valence-corrected chi connectivity index (χ3v) is 3.19. The molecule has 2 aromatic rings. The Morgan fingerprint density at radius 1 is 1.29 bits per heavy atom. The first-order valence-corrected chi connectivity index (χ1v) is 6.59. The Labute approximate surface area is 122 Å². The van der Waals surface area contributed by atoms with Crippen molar-refractivity contribution in [1.82, 2.24) is 10.1 Å². The predicted molar refractivity (Wildman–Crippen MR) is 74.2 cm³/mol. The Morgan fingerprint density at radius 3 is 2.67 bits per heavy atom. The second kappa shape index (κ2) is 6.67. The zero-order chi connectivity index (χ0) is 15.4. The van der Waals surface area contributed by atoms with Gasteiger partial charge in [0.25, 0.3) is 0 Å². The number of hydrogen-bond acceptors (Lipinski definition) is 4. The summed E-state index contributed by atoms with van der Waals surface area (Å²) in [5.74, 6) is 0.974. The standard InChI is InChI=1S/C15H18F2N2O2/c1-10-14(11(2)21-18-10)9-19(3)8-12-5-4-6-13(7-12)20-15(16)17/h4-7,15H,8-9H2,1-3H3. The molecule has 0 aliphatic heterocycles. The van der Waals surface area contributed by atoms with E-state index in [4.69, 9.17) is 4.52 Å². The fraction of sp³-hybridized carbons (Fsp3) is 0.400. The molecule has 0 radical (unpaired) electrons. The van der Waals surface area contributed by atoms with Gasteiger partial charge in [-0.3, -0.25) is 4.90 Å². The Bertz CT molecular complexity index is 580. The quantitative estimate of drug-likeness (QED) is 0.817. The molecule has 21 heavy (non-hydrogen) atoms. The second-order valence-electron chi connectivity index (χ2n) is 5.00. The van der Waals surface area contributed by atoms with E-state index in [1.165, 1.54) is 6.07 Å². The van der Waals surface area contributed by atoms with Gasteiger partial charge in [-0.15, -0.1) is 0 Å². The Balaban J connectivity index is 2.01. The first kappa shape index (κ1) is 15.4. The number of rotatable bonds is 6. The SMILES string of the molecule is Cc1noc(C)c1CN(C)Cc1cccc(OC(F)F)c1. The molecule has 0 fully saturated rings. The lowest BCUT2D eigenvalue weighted by atomic mass is 10.1. The fourth-order valence-electron chi connectivity index (χ4n) is 2.19. The molecule has 0 N–H and O–H groups in total. The summed E-state index contributed by atoms with van der Waals surface area (Å²) in [6, 6.07) is 6.72. The van der Waals surface area contributed by atoms with E-state index in [1.54, 1.807) is 12.1 Å². The van der Waals surface area contributed by atoms with Crippen molar-refractivity contribution in [3.63, 3.8) is 0 Å². The van der Waals surface area contributed by atoms with Gasteiger partial charge in [0.15, 0.2) is 0 Å². The molecular formula is C15H18F2N2O2. The summed E-state index contributed by atoms with van der Waals surface area (Å²) in [5.41, 5.74) is 2.83. The van der Waals surface area contributed by atoms with Gasteiger partial charge < -0.3 is 9.26 Å². The Hall–Kier alpha value is -1.95. The highest BCUT2D eigenvalue weighted by Crippen LogP contribution is 2.19.